The lowest BCUT2D eigenvalue weighted by Gasteiger charge is -2.23. The minimum atomic E-state index is -1.20. The van der Waals surface area contributed by atoms with E-state index in [2.05, 4.69) is 31.9 Å². The van der Waals surface area contributed by atoms with Gasteiger partial charge in [0.25, 0.3) is 0 Å². The summed E-state index contributed by atoms with van der Waals surface area (Å²) in [6.45, 7) is 11.2. The lowest BCUT2D eigenvalue weighted by Crippen LogP contribution is -2.41. The number of carbonyl (C=O) groups excluding carboxylic acids is 13. The van der Waals surface area contributed by atoms with Crippen molar-refractivity contribution in [3.05, 3.63) is 59.7 Å². The zero-order valence-corrected chi connectivity index (χ0v) is 85.3. The Balaban J connectivity index is 1.42. The molecule has 14 N–H and O–H groups in total. The molecule has 0 spiro atoms. The van der Waals surface area contributed by atoms with Gasteiger partial charge >= 0.3 is 23.9 Å². The summed E-state index contributed by atoms with van der Waals surface area (Å²) in [6, 6.07) is 9.87. The van der Waals surface area contributed by atoms with E-state index in [1.165, 1.54) is 31.2 Å². The standard InChI is InChI=1S/C104H168N8O31/c1-77(113)80(30-20-23-52-110-98(124)89(105)36-18-15-17-33-85(116)73-138-66-65-137-61-55-109-97(123)76-141-69-62-134-56-28-34-83(114)44-49-91(103(132)133)112-95(121)38-19-12-8-6-10-14-27-59-143-88-47-41-79(42-48-88)101(128)129)71-92(118)81(72-93(119)104(2,3)4)31-21-24-53-111-99(125)90(106)37-22-25-51-107-96(122)75-140-68-63-135-57-29-35-86(117)74-139-67-64-136-60-54-108-94(120)50-43-82(102(130)131)70-84(115)32-16-11-7-5-9-13-26-58-142-87-45-39-78(40-46-87)100(126)127/h39-42,45-48,80-82,89-91H,5-38,43-44,49-76,105-106H2,1-4H3,(H,107,122)(H,108,120)(H,109,123)(H,110,124)(H,111,125)(H,112,121)(H,126,127)(H,128,129)(H,130,131)(H,132,133)/t80-,81-,82-,89+,90+,91+/m1/s1. The summed E-state index contributed by atoms with van der Waals surface area (Å²) >= 11 is 0. The van der Waals surface area contributed by atoms with Crippen LogP contribution in [0.4, 0.5) is 0 Å². The van der Waals surface area contributed by atoms with Crippen molar-refractivity contribution in [2.24, 2.45) is 34.6 Å². The van der Waals surface area contributed by atoms with Crippen LogP contribution in [0.2, 0.25) is 0 Å². The van der Waals surface area contributed by atoms with Gasteiger partial charge in [-0.1, -0.05) is 111 Å². The fourth-order valence-corrected chi connectivity index (χ4v) is 14.8. The normalized spacial score (nSPS) is 12.6. The first-order chi connectivity index (χ1) is 68.6. The maximum Gasteiger partial charge on any atom is 0.335 e. The zero-order valence-electron chi connectivity index (χ0n) is 85.3. The van der Waals surface area contributed by atoms with Crippen LogP contribution in [0.15, 0.2) is 48.5 Å². The highest BCUT2D eigenvalue weighted by Crippen LogP contribution is 2.28. The molecular weight excluding hydrogens is 1860 g/mol. The number of unbranched alkanes of at least 4 members (excludes halogenated alkanes) is 17. The number of aliphatic carboxylic acids is 2. The molecule has 39 heteroatoms. The summed E-state index contributed by atoms with van der Waals surface area (Å²) in [7, 11) is 0. The van der Waals surface area contributed by atoms with Crippen LogP contribution in [0.3, 0.4) is 0 Å². The number of carbonyl (C=O) groups is 17. The Morgan fingerprint density at radius 1 is 0.301 bits per heavy atom. The molecule has 2 aromatic rings. The van der Waals surface area contributed by atoms with Gasteiger partial charge in [-0.2, -0.15) is 0 Å². The van der Waals surface area contributed by atoms with Gasteiger partial charge in [-0.05, 0) is 165 Å². The van der Waals surface area contributed by atoms with Gasteiger partial charge < -0.3 is 111 Å². The van der Waals surface area contributed by atoms with Crippen molar-refractivity contribution in [2.45, 2.75) is 309 Å². The molecule has 0 aromatic heterocycles. The van der Waals surface area contributed by atoms with Crippen LogP contribution in [0.25, 0.3) is 0 Å². The largest absolute Gasteiger partial charge is 0.494 e. The van der Waals surface area contributed by atoms with Crippen molar-refractivity contribution in [3.8, 4) is 11.5 Å². The zero-order chi connectivity index (χ0) is 105. The van der Waals surface area contributed by atoms with Gasteiger partial charge in [0.15, 0.2) is 11.6 Å². The minimum absolute atomic E-state index is 0.00442. The molecule has 0 aliphatic rings. The number of carboxylic acid groups (broad SMARTS) is 4. The van der Waals surface area contributed by atoms with E-state index >= 15 is 0 Å². The molecule has 810 valence electrons. The smallest absolute Gasteiger partial charge is 0.335 e. The van der Waals surface area contributed by atoms with E-state index in [1.807, 2.05) is 0 Å². The summed E-state index contributed by atoms with van der Waals surface area (Å²) in [5.74, 6) is -8.04. The molecule has 143 heavy (non-hydrogen) atoms. The SMILES string of the molecule is CC(=O)[C@H](CCCCNC(=O)[C@@H](N)CCCCCC(=O)COCCOCCNC(=O)COCCOCCCC(=O)CC[C@H](NC(=O)CCCCCCCCCOc1ccc(C(=O)O)cc1)C(=O)O)CC(=O)[C@H](CCCCNC(=O)[C@@H](N)CCCCNC(=O)COCCOCCCC(=O)COCCOCCNC(=O)CC[C@H](CC(=O)CCCCCCCCCOc1ccc(C(=O)O)cc1)C(=O)O)CC(=O)C(C)(C)C. The number of ketones is 7. The minimum Gasteiger partial charge on any atom is -0.494 e. The van der Waals surface area contributed by atoms with E-state index in [1.54, 1.807) is 45.0 Å². The number of nitrogens with one attached hydrogen (secondary N) is 6. The second kappa shape index (κ2) is 83.2. The topological polar surface area (TPSA) is 588 Å². The number of carboxylic acids is 4. The lowest BCUT2D eigenvalue weighted by molar-refractivity contribution is -0.144. The third kappa shape index (κ3) is 72.0. The van der Waals surface area contributed by atoms with Gasteiger partial charge in [-0.25, -0.2) is 14.4 Å². The van der Waals surface area contributed by atoms with Gasteiger partial charge in [0.2, 0.25) is 35.4 Å². The van der Waals surface area contributed by atoms with Gasteiger partial charge in [0, 0.05) is 127 Å². The monoisotopic (exact) mass is 2030 g/mol. The molecule has 39 nitrogen and oxygen atoms in total. The number of aromatic carboxylic acids is 2. The molecule has 2 aromatic carbocycles. The second-order valence-electron chi connectivity index (χ2n) is 37.1. The Morgan fingerprint density at radius 2 is 0.678 bits per heavy atom. The summed E-state index contributed by atoms with van der Waals surface area (Å²) < 4.78 is 54.9. The quantitative estimate of drug-likeness (QED) is 0.0274. The van der Waals surface area contributed by atoms with Crippen molar-refractivity contribution in [2.75, 3.05) is 152 Å². The summed E-state index contributed by atoms with van der Waals surface area (Å²) in [4.78, 5) is 210. The summed E-state index contributed by atoms with van der Waals surface area (Å²) in [5, 5.41) is 53.7. The molecule has 0 aliphatic carbocycles. The van der Waals surface area contributed by atoms with E-state index in [-0.39, 0.29) is 263 Å². The number of benzene rings is 2. The third-order valence-electron chi connectivity index (χ3n) is 23.6. The van der Waals surface area contributed by atoms with E-state index in [0.717, 1.165) is 77.0 Å². The first kappa shape index (κ1) is 129. The number of ether oxygens (including phenoxy) is 10. The molecule has 0 radical (unpaired) electrons. The van der Waals surface area contributed by atoms with Crippen molar-refractivity contribution in [1.82, 2.24) is 31.9 Å². The molecule has 6 amide bonds. The van der Waals surface area contributed by atoms with E-state index < -0.39 is 65.2 Å². The molecule has 0 unspecified atom stereocenters. The second-order valence-corrected chi connectivity index (χ2v) is 37.1. The van der Waals surface area contributed by atoms with Crippen LogP contribution in [-0.4, -0.2) is 290 Å². The number of amides is 6. The summed E-state index contributed by atoms with van der Waals surface area (Å²) in [6.07, 6.45) is 21.3. The summed E-state index contributed by atoms with van der Waals surface area (Å²) in [5.41, 5.74) is 12.1. The van der Waals surface area contributed by atoms with Crippen LogP contribution >= 0.6 is 0 Å². The maximum atomic E-state index is 13.9. The van der Waals surface area contributed by atoms with Gasteiger partial charge in [-0.3, -0.25) is 67.1 Å². The van der Waals surface area contributed by atoms with Crippen LogP contribution in [-0.2, 0) is 110 Å². The van der Waals surface area contributed by atoms with E-state index in [4.69, 9.17) is 69.0 Å². The van der Waals surface area contributed by atoms with Crippen LogP contribution in [0.1, 0.15) is 312 Å². The molecule has 0 saturated carbocycles. The Kier molecular flexibility index (Phi) is 75.1. The molecule has 0 saturated heterocycles. The first-order valence-electron chi connectivity index (χ1n) is 51.4. The number of hydrogen-bond acceptors (Lipinski definition) is 29. The maximum absolute atomic E-state index is 13.9. The Labute approximate surface area is 843 Å². The lowest BCUT2D eigenvalue weighted by atomic mass is 9.79. The predicted octanol–water partition coefficient (Wildman–Crippen LogP) is 10.5. The molecule has 0 aliphatic heterocycles. The average molecular weight is 2030 g/mol. The number of Topliss-reactive ketones (excluding diaryl/α,β-unsaturated/α-hetero) is 7. The number of hydrogen-bond donors (Lipinski definition) is 12. The molecular formula is C104H168N8O31. The Morgan fingerprint density at radius 3 is 1.13 bits per heavy atom. The van der Waals surface area contributed by atoms with E-state index in [9.17, 15) is 91.7 Å². The highest BCUT2D eigenvalue weighted by atomic mass is 16.5. The van der Waals surface area contributed by atoms with E-state index in [0.29, 0.717) is 173 Å². The van der Waals surface area contributed by atoms with Crippen molar-refractivity contribution < 1.29 is 149 Å². The molecule has 0 fully saturated rings. The highest BCUT2D eigenvalue weighted by molar-refractivity contribution is 5.93. The molecule has 2 rings (SSSR count). The molecule has 0 heterocycles. The molecule has 0 bridgehead atoms. The van der Waals surface area contributed by atoms with Crippen LogP contribution in [0, 0.1) is 23.2 Å². The van der Waals surface area contributed by atoms with Crippen molar-refractivity contribution in [3.63, 3.8) is 0 Å². The Hall–Kier alpha value is -9.97. The van der Waals surface area contributed by atoms with Crippen LogP contribution < -0.4 is 52.8 Å². The van der Waals surface area contributed by atoms with Gasteiger partial charge in [-0.15, -0.1) is 0 Å². The van der Waals surface area contributed by atoms with Crippen molar-refractivity contribution >= 4 is 99.8 Å². The fourth-order valence-electron chi connectivity index (χ4n) is 14.8. The highest BCUT2D eigenvalue weighted by Gasteiger charge is 2.32. The number of rotatable bonds is 98. The van der Waals surface area contributed by atoms with Crippen LogP contribution in [0.5, 0.6) is 11.5 Å². The predicted molar refractivity (Wildman–Crippen MR) is 532 cm³/mol. The Bertz CT molecular complexity index is 3980. The van der Waals surface area contributed by atoms with Crippen molar-refractivity contribution in [1.29, 1.82) is 0 Å². The molecule has 6 atom stereocenters. The number of nitrogens with two attached hydrogens (primary N) is 2. The first-order valence-corrected chi connectivity index (χ1v) is 51.4. The van der Waals surface area contributed by atoms with Gasteiger partial charge in [0.05, 0.1) is 108 Å². The fraction of sp³-hybridized carbons (Fsp3) is 0.721. The third-order valence-corrected chi connectivity index (χ3v) is 23.6. The average Bonchev–Trinajstić information content (AvgIpc) is 0.862. The van der Waals surface area contributed by atoms with Gasteiger partial charge in [0.1, 0.15) is 72.9 Å².